The summed E-state index contributed by atoms with van der Waals surface area (Å²) in [4.78, 5) is 5.39. The molecule has 2 heterocycles. The van der Waals surface area contributed by atoms with Crippen LogP contribution in [0.1, 0.15) is 30.4 Å². The molecular weight excluding hydrogens is 258 g/mol. The van der Waals surface area contributed by atoms with Crippen molar-refractivity contribution in [3.63, 3.8) is 0 Å². The predicted octanol–water partition coefficient (Wildman–Crippen LogP) is 1.87. The van der Waals surface area contributed by atoms with Crippen LogP contribution in [0.25, 0.3) is 0 Å². The van der Waals surface area contributed by atoms with Crippen molar-refractivity contribution in [2.75, 3.05) is 32.7 Å². The van der Waals surface area contributed by atoms with Crippen molar-refractivity contribution < 1.29 is 0 Å². The third-order valence-corrected chi connectivity index (χ3v) is 5.64. The Morgan fingerprint density at radius 1 is 1.00 bits per heavy atom. The summed E-state index contributed by atoms with van der Waals surface area (Å²) in [5.41, 5.74) is 3.04. The van der Waals surface area contributed by atoms with Crippen molar-refractivity contribution in [2.24, 2.45) is 0 Å². The SMILES string of the molecule is c1ccc2c(c1)CN[C@H](CN1CCN(C3CCC3)CC1)C2. The van der Waals surface area contributed by atoms with E-state index >= 15 is 0 Å². The zero-order valence-corrected chi connectivity index (χ0v) is 12.9. The number of benzene rings is 1. The van der Waals surface area contributed by atoms with E-state index in [1.807, 2.05) is 0 Å². The summed E-state index contributed by atoms with van der Waals surface area (Å²) in [7, 11) is 0. The van der Waals surface area contributed by atoms with Gasteiger partial charge in [0.1, 0.15) is 0 Å². The van der Waals surface area contributed by atoms with Gasteiger partial charge in [0.25, 0.3) is 0 Å². The van der Waals surface area contributed by atoms with E-state index < -0.39 is 0 Å². The van der Waals surface area contributed by atoms with E-state index in [0.717, 1.165) is 12.6 Å². The highest BCUT2D eigenvalue weighted by Gasteiger charge is 2.29. The Hall–Kier alpha value is -0.900. The standard InChI is InChI=1S/C18H27N3/c1-2-5-16-13-19-17(12-15(16)4-1)14-20-8-10-21(11-9-20)18-6-3-7-18/h1-2,4-5,17-19H,3,6-14H2/t17-/m0/s1. The molecule has 3 aliphatic rings. The Bertz CT molecular complexity index is 475. The molecule has 1 aliphatic carbocycles. The molecule has 1 saturated heterocycles. The van der Waals surface area contributed by atoms with Gasteiger partial charge in [-0.3, -0.25) is 9.80 Å². The van der Waals surface area contributed by atoms with E-state index in [-0.39, 0.29) is 0 Å². The van der Waals surface area contributed by atoms with Gasteiger partial charge in [0, 0.05) is 51.4 Å². The summed E-state index contributed by atoms with van der Waals surface area (Å²) in [6.45, 7) is 7.35. The maximum Gasteiger partial charge on any atom is 0.0238 e. The highest BCUT2D eigenvalue weighted by Crippen LogP contribution is 2.25. The van der Waals surface area contributed by atoms with Gasteiger partial charge in [-0.15, -0.1) is 0 Å². The molecule has 0 spiro atoms. The second-order valence-corrected chi connectivity index (χ2v) is 6.97. The number of hydrogen-bond donors (Lipinski definition) is 1. The van der Waals surface area contributed by atoms with Crippen LogP contribution >= 0.6 is 0 Å². The number of piperazine rings is 1. The van der Waals surface area contributed by atoms with Crippen molar-refractivity contribution in [2.45, 2.75) is 44.3 Å². The molecule has 1 saturated carbocycles. The van der Waals surface area contributed by atoms with Crippen molar-refractivity contribution in [3.05, 3.63) is 35.4 Å². The zero-order chi connectivity index (χ0) is 14.1. The number of hydrogen-bond acceptors (Lipinski definition) is 3. The van der Waals surface area contributed by atoms with Crippen molar-refractivity contribution in [1.82, 2.24) is 15.1 Å². The number of fused-ring (bicyclic) bond motifs is 1. The zero-order valence-electron chi connectivity index (χ0n) is 12.9. The smallest absolute Gasteiger partial charge is 0.0238 e. The molecule has 114 valence electrons. The average molecular weight is 285 g/mol. The van der Waals surface area contributed by atoms with E-state index in [9.17, 15) is 0 Å². The Labute approximate surface area is 128 Å². The van der Waals surface area contributed by atoms with Gasteiger partial charge in [0.15, 0.2) is 0 Å². The van der Waals surface area contributed by atoms with Crippen LogP contribution in [0.15, 0.2) is 24.3 Å². The van der Waals surface area contributed by atoms with Crippen LogP contribution in [0.3, 0.4) is 0 Å². The Morgan fingerprint density at radius 3 is 2.48 bits per heavy atom. The summed E-state index contributed by atoms with van der Waals surface area (Å²) in [6.07, 6.45) is 5.54. The molecule has 0 bridgehead atoms. The van der Waals surface area contributed by atoms with Crippen LogP contribution in [0.2, 0.25) is 0 Å². The van der Waals surface area contributed by atoms with E-state index in [2.05, 4.69) is 39.4 Å². The largest absolute Gasteiger partial charge is 0.308 e. The lowest BCUT2D eigenvalue weighted by Crippen LogP contribution is -2.55. The van der Waals surface area contributed by atoms with Crippen LogP contribution < -0.4 is 5.32 Å². The molecule has 21 heavy (non-hydrogen) atoms. The number of nitrogens with zero attached hydrogens (tertiary/aromatic N) is 2. The first-order chi connectivity index (χ1) is 10.4. The molecule has 1 aromatic carbocycles. The normalized spacial score (nSPS) is 28.1. The second-order valence-electron chi connectivity index (χ2n) is 6.97. The van der Waals surface area contributed by atoms with Crippen molar-refractivity contribution in [3.8, 4) is 0 Å². The van der Waals surface area contributed by atoms with Crippen LogP contribution in [0.5, 0.6) is 0 Å². The molecular formula is C18H27N3. The molecule has 1 atom stereocenters. The first-order valence-corrected chi connectivity index (χ1v) is 8.65. The van der Waals surface area contributed by atoms with Crippen LogP contribution in [-0.2, 0) is 13.0 Å². The molecule has 2 aliphatic heterocycles. The van der Waals surface area contributed by atoms with E-state index in [4.69, 9.17) is 0 Å². The van der Waals surface area contributed by atoms with Crippen molar-refractivity contribution in [1.29, 1.82) is 0 Å². The molecule has 2 fully saturated rings. The monoisotopic (exact) mass is 285 g/mol. The first-order valence-electron chi connectivity index (χ1n) is 8.65. The highest BCUT2D eigenvalue weighted by atomic mass is 15.3. The fourth-order valence-electron chi connectivity index (χ4n) is 4.02. The molecule has 3 nitrogen and oxygen atoms in total. The lowest BCUT2D eigenvalue weighted by Gasteiger charge is -2.44. The van der Waals surface area contributed by atoms with Gasteiger partial charge in [-0.2, -0.15) is 0 Å². The number of nitrogens with one attached hydrogen (secondary N) is 1. The minimum atomic E-state index is 0.634. The number of rotatable bonds is 3. The summed E-state index contributed by atoms with van der Waals surface area (Å²) in [5.74, 6) is 0. The molecule has 0 aromatic heterocycles. The fourth-order valence-corrected chi connectivity index (χ4v) is 4.02. The Kier molecular flexibility index (Phi) is 3.97. The lowest BCUT2D eigenvalue weighted by molar-refractivity contribution is 0.0573. The Morgan fingerprint density at radius 2 is 1.76 bits per heavy atom. The van der Waals surface area contributed by atoms with Gasteiger partial charge in [0.05, 0.1) is 0 Å². The van der Waals surface area contributed by atoms with Gasteiger partial charge in [-0.25, -0.2) is 0 Å². The van der Waals surface area contributed by atoms with Crippen LogP contribution in [0, 0.1) is 0 Å². The molecule has 1 N–H and O–H groups in total. The third kappa shape index (κ3) is 3.01. The minimum Gasteiger partial charge on any atom is -0.308 e. The second kappa shape index (κ2) is 6.07. The minimum absolute atomic E-state index is 0.634. The highest BCUT2D eigenvalue weighted by molar-refractivity contribution is 5.29. The van der Waals surface area contributed by atoms with Gasteiger partial charge in [0.2, 0.25) is 0 Å². The lowest BCUT2D eigenvalue weighted by atomic mass is 9.91. The molecule has 3 heteroatoms. The molecule has 1 aromatic rings. The van der Waals surface area contributed by atoms with Gasteiger partial charge in [-0.05, 0) is 30.4 Å². The van der Waals surface area contributed by atoms with E-state index in [1.165, 1.54) is 64.0 Å². The summed E-state index contributed by atoms with van der Waals surface area (Å²) in [5, 5.41) is 3.72. The average Bonchev–Trinajstić information content (AvgIpc) is 2.47. The molecule has 4 rings (SSSR count). The summed E-state index contributed by atoms with van der Waals surface area (Å²) in [6, 6.07) is 10.5. The van der Waals surface area contributed by atoms with Gasteiger partial charge < -0.3 is 5.32 Å². The molecule has 0 radical (unpaired) electrons. The first kappa shape index (κ1) is 13.7. The van der Waals surface area contributed by atoms with E-state index in [1.54, 1.807) is 5.56 Å². The molecule has 0 unspecified atom stereocenters. The Balaban J connectivity index is 1.28. The van der Waals surface area contributed by atoms with Crippen molar-refractivity contribution >= 4 is 0 Å². The fraction of sp³-hybridized carbons (Fsp3) is 0.667. The van der Waals surface area contributed by atoms with Crippen LogP contribution in [0.4, 0.5) is 0 Å². The quantitative estimate of drug-likeness (QED) is 0.915. The maximum atomic E-state index is 3.72. The maximum absolute atomic E-state index is 3.72. The van der Waals surface area contributed by atoms with Gasteiger partial charge in [-0.1, -0.05) is 30.7 Å². The topological polar surface area (TPSA) is 18.5 Å². The van der Waals surface area contributed by atoms with E-state index in [0.29, 0.717) is 6.04 Å². The predicted molar refractivity (Wildman–Crippen MR) is 86.4 cm³/mol. The molecule has 0 amide bonds. The third-order valence-electron chi connectivity index (χ3n) is 5.64. The van der Waals surface area contributed by atoms with Crippen LogP contribution in [-0.4, -0.2) is 54.6 Å². The summed E-state index contributed by atoms with van der Waals surface area (Å²) < 4.78 is 0. The van der Waals surface area contributed by atoms with Gasteiger partial charge >= 0.3 is 0 Å². The summed E-state index contributed by atoms with van der Waals surface area (Å²) >= 11 is 0.